The lowest BCUT2D eigenvalue weighted by molar-refractivity contribution is 0.0527. The molecule has 6 aromatic rings. The number of rotatable bonds is 11. The van der Waals surface area contributed by atoms with Gasteiger partial charge in [-0.1, -0.05) is 91.0 Å². The molecule has 2 aromatic heterocycles. The largest absolute Gasteiger partial charge is 0.491 e. The molecule has 4 aromatic carbocycles. The van der Waals surface area contributed by atoms with Crippen molar-refractivity contribution in [2.24, 2.45) is 0 Å². The van der Waals surface area contributed by atoms with Gasteiger partial charge in [-0.3, -0.25) is 0 Å². The zero-order valence-corrected chi connectivity index (χ0v) is 24.9. The molecular formula is C37H35N3O4. The minimum atomic E-state index is -0.806. The average Bonchev–Trinajstić information content (AvgIpc) is 3.59. The predicted molar refractivity (Wildman–Crippen MR) is 173 cm³/mol. The van der Waals surface area contributed by atoms with E-state index in [2.05, 4.69) is 16.7 Å². The monoisotopic (exact) mass is 585 g/mol. The van der Waals surface area contributed by atoms with Gasteiger partial charge in [-0.25, -0.2) is 9.78 Å². The summed E-state index contributed by atoms with van der Waals surface area (Å²) in [5.74, 6) is 0.208. The molecule has 44 heavy (non-hydrogen) atoms. The number of esters is 1. The number of aromatic nitrogens is 3. The Labute approximate surface area is 257 Å². The van der Waals surface area contributed by atoms with Crippen molar-refractivity contribution in [3.63, 3.8) is 0 Å². The third-order valence-corrected chi connectivity index (χ3v) is 7.74. The van der Waals surface area contributed by atoms with Crippen molar-refractivity contribution in [1.82, 2.24) is 14.1 Å². The first-order valence-electron chi connectivity index (χ1n) is 14.8. The van der Waals surface area contributed by atoms with E-state index in [1.165, 1.54) is 0 Å². The van der Waals surface area contributed by atoms with Gasteiger partial charge in [0.15, 0.2) is 0 Å². The molecule has 0 aliphatic heterocycles. The Kier molecular flexibility index (Phi) is 8.57. The molecular weight excluding hydrogens is 550 g/mol. The lowest BCUT2D eigenvalue weighted by atomic mass is 10.0. The Morgan fingerprint density at radius 1 is 0.886 bits per heavy atom. The summed E-state index contributed by atoms with van der Waals surface area (Å²) in [5, 5.41) is 11.9. The van der Waals surface area contributed by atoms with E-state index in [-0.39, 0.29) is 19.2 Å². The average molecular weight is 586 g/mol. The van der Waals surface area contributed by atoms with Gasteiger partial charge in [-0.2, -0.15) is 0 Å². The van der Waals surface area contributed by atoms with E-state index in [1.807, 2.05) is 109 Å². The fraction of sp³-hybridized carbons (Fsp3) is 0.189. The molecule has 0 radical (unpaired) electrons. The van der Waals surface area contributed by atoms with Gasteiger partial charge in [0, 0.05) is 34.3 Å². The smallest absolute Gasteiger partial charge is 0.340 e. The number of carbonyl (C=O) groups excluding carboxylic acids is 1. The highest BCUT2D eigenvalue weighted by molar-refractivity contribution is 6.06. The van der Waals surface area contributed by atoms with Crippen molar-refractivity contribution in [2.45, 2.75) is 33.0 Å². The van der Waals surface area contributed by atoms with Crippen LogP contribution in [0.2, 0.25) is 0 Å². The van der Waals surface area contributed by atoms with E-state index in [9.17, 15) is 9.90 Å². The molecule has 0 saturated carbocycles. The molecule has 1 N–H and O–H groups in total. The summed E-state index contributed by atoms with van der Waals surface area (Å²) in [4.78, 5) is 17.8. The predicted octanol–water partition coefficient (Wildman–Crippen LogP) is 7.15. The molecule has 0 aliphatic rings. The van der Waals surface area contributed by atoms with Crippen LogP contribution in [0.4, 0.5) is 0 Å². The number of hydrogen-bond donors (Lipinski definition) is 1. The second-order valence-corrected chi connectivity index (χ2v) is 10.7. The number of ether oxygens (including phenoxy) is 2. The van der Waals surface area contributed by atoms with Crippen LogP contribution in [0.15, 0.2) is 116 Å². The van der Waals surface area contributed by atoms with Crippen LogP contribution in [-0.4, -0.2) is 44.5 Å². The SMILES string of the molecule is CCOC(=O)c1c(C)n(Cc2ccccc2)c2ccc(OCC(O)Cn3cnc(-c4ccccc4)c3-c3ccccc3)cc12. The van der Waals surface area contributed by atoms with Gasteiger partial charge in [-0.05, 0) is 37.6 Å². The molecule has 1 atom stereocenters. The topological polar surface area (TPSA) is 78.5 Å². The van der Waals surface area contributed by atoms with Crippen molar-refractivity contribution in [3.05, 3.63) is 132 Å². The minimum Gasteiger partial charge on any atom is -0.491 e. The quantitative estimate of drug-likeness (QED) is 0.164. The zero-order valence-electron chi connectivity index (χ0n) is 24.9. The summed E-state index contributed by atoms with van der Waals surface area (Å²) < 4.78 is 15.6. The van der Waals surface area contributed by atoms with Gasteiger partial charge >= 0.3 is 5.97 Å². The first-order chi connectivity index (χ1) is 21.5. The van der Waals surface area contributed by atoms with Crippen LogP contribution in [0, 0.1) is 6.92 Å². The van der Waals surface area contributed by atoms with Crippen molar-refractivity contribution in [1.29, 1.82) is 0 Å². The maximum absolute atomic E-state index is 13.1. The zero-order chi connectivity index (χ0) is 30.5. The van der Waals surface area contributed by atoms with Gasteiger partial charge in [0.1, 0.15) is 18.5 Å². The van der Waals surface area contributed by atoms with E-state index in [4.69, 9.17) is 14.5 Å². The van der Waals surface area contributed by atoms with Crippen LogP contribution < -0.4 is 4.74 Å². The fourth-order valence-electron chi connectivity index (χ4n) is 5.68. The third kappa shape index (κ3) is 6.00. The lowest BCUT2D eigenvalue weighted by Gasteiger charge is -2.16. The molecule has 2 heterocycles. The van der Waals surface area contributed by atoms with Crippen molar-refractivity contribution >= 4 is 16.9 Å². The number of carbonyl (C=O) groups is 1. The summed E-state index contributed by atoms with van der Waals surface area (Å²) in [6, 6.07) is 36.0. The number of imidazole rings is 1. The summed E-state index contributed by atoms with van der Waals surface area (Å²) in [5.41, 5.74) is 7.24. The Balaban J connectivity index is 1.25. The Hall–Kier alpha value is -5.14. The van der Waals surface area contributed by atoms with Crippen LogP contribution in [0.5, 0.6) is 5.75 Å². The van der Waals surface area contributed by atoms with Crippen molar-refractivity contribution < 1.29 is 19.4 Å². The summed E-state index contributed by atoms with van der Waals surface area (Å²) in [6.45, 7) is 5.03. The number of aliphatic hydroxyl groups excluding tert-OH is 1. The Bertz CT molecular complexity index is 1860. The first-order valence-corrected chi connectivity index (χ1v) is 14.8. The molecule has 0 saturated heterocycles. The van der Waals surface area contributed by atoms with E-state index in [0.717, 1.165) is 44.7 Å². The third-order valence-electron chi connectivity index (χ3n) is 7.74. The van der Waals surface area contributed by atoms with E-state index in [1.54, 1.807) is 13.3 Å². The molecule has 222 valence electrons. The second-order valence-electron chi connectivity index (χ2n) is 10.7. The highest BCUT2D eigenvalue weighted by Crippen LogP contribution is 2.33. The Morgan fingerprint density at radius 3 is 2.23 bits per heavy atom. The molecule has 7 nitrogen and oxygen atoms in total. The highest BCUT2D eigenvalue weighted by Gasteiger charge is 2.22. The molecule has 1 unspecified atom stereocenters. The van der Waals surface area contributed by atoms with Gasteiger partial charge in [0.25, 0.3) is 0 Å². The van der Waals surface area contributed by atoms with Crippen LogP contribution in [-0.2, 0) is 17.8 Å². The number of nitrogens with zero attached hydrogens (tertiary/aromatic N) is 3. The van der Waals surface area contributed by atoms with Crippen molar-refractivity contribution in [2.75, 3.05) is 13.2 Å². The van der Waals surface area contributed by atoms with E-state index < -0.39 is 6.10 Å². The summed E-state index contributed by atoms with van der Waals surface area (Å²) in [6.07, 6.45) is 0.962. The molecule has 0 spiro atoms. The molecule has 0 bridgehead atoms. The standard InChI is InChI=1S/C37H35N3O4/c1-3-43-37(42)34-26(2)40(22-27-13-7-4-8-14-27)33-20-19-31(21-32(33)34)44-24-30(41)23-39-25-38-35(28-15-9-5-10-16-28)36(39)29-17-11-6-12-18-29/h4-21,25,30,41H,3,22-24H2,1-2H3. The van der Waals surface area contributed by atoms with Gasteiger partial charge in [0.05, 0.1) is 36.4 Å². The molecule has 0 aliphatic carbocycles. The fourth-order valence-corrected chi connectivity index (χ4v) is 5.68. The first kappa shape index (κ1) is 29.0. The number of aliphatic hydroxyl groups is 1. The maximum atomic E-state index is 13.1. The summed E-state index contributed by atoms with van der Waals surface area (Å²) in [7, 11) is 0. The number of hydrogen-bond acceptors (Lipinski definition) is 5. The normalized spacial score (nSPS) is 11.9. The van der Waals surface area contributed by atoms with Gasteiger partial charge in [0.2, 0.25) is 0 Å². The molecule has 7 heteroatoms. The minimum absolute atomic E-state index is 0.0665. The highest BCUT2D eigenvalue weighted by atomic mass is 16.5. The number of fused-ring (bicyclic) bond motifs is 1. The lowest BCUT2D eigenvalue weighted by Crippen LogP contribution is -2.23. The second kappa shape index (κ2) is 13.0. The molecule has 6 rings (SSSR count). The van der Waals surface area contributed by atoms with Gasteiger partial charge in [-0.15, -0.1) is 0 Å². The van der Waals surface area contributed by atoms with Crippen LogP contribution >= 0.6 is 0 Å². The van der Waals surface area contributed by atoms with E-state index >= 15 is 0 Å². The molecule has 0 fully saturated rings. The number of benzene rings is 4. The summed E-state index contributed by atoms with van der Waals surface area (Å²) >= 11 is 0. The van der Waals surface area contributed by atoms with Gasteiger partial charge < -0.3 is 23.7 Å². The van der Waals surface area contributed by atoms with Crippen LogP contribution in [0.3, 0.4) is 0 Å². The Morgan fingerprint density at radius 2 is 1.55 bits per heavy atom. The van der Waals surface area contributed by atoms with Crippen molar-refractivity contribution in [3.8, 4) is 28.3 Å². The maximum Gasteiger partial charge on any atom is 0.340 e. The van der Waals surface area contributed by atoms with Crippen LogP contribution in [0.1, 0.15) is 28.5 Å². The van der Waals surface area contributed by atoms with E-state index in [0.29, 0.717) is 24.4 Å². The van der Waals surface area contributed by atoms with Crippen LogP contribution in [0.25, 0.3) is 33.4 Å². The molecule has 0 amide bonds.